The van der Waals surface area contributed by atoms with Crippen LogP contribution in [0.2, 0.25) is 0 Å². The zero-order chi connectivity index (χ0) is 16.7. The van der Waals surface area contributed by atoms with Gasteiger partial charge in [-0.05, 0) is 37.6 Å². The van der Waals surface area contributed by atoms with Gasteiger partial charge in [-0.1, -0.05) is 0 Å². The van der Waals surface area contributed by atoms with Crippen LogP contribution in [0.5, 0.6) is 5.75 Å². The predicted molar refractivity (Wildman–Crippen MR) is 86.6 cm³/mol. The first-order chi connectivity index (χ1) is 11.2. The quantitative estimate of drug-likeness (QED) is 0.695. The standard InChI is InChI=1S/C16H23N3O4/c1-2-23-14-6-4-13(5-7-14)19-10-9-18(16(19)22)12-15(21)17-8-3-11-20/h4-7,20H,2-3,8-12H2,1H3,(H,17,21). The van der Waals surface area contributed by atoms with Crippen molar-refractivity contribution in [1.82, 2.24) is 10.2 Å². The molecule has 1 aromatic rings. The average Bonchev–Trinajstić information content (AvgIpc) is 2.90. The van der Waals surface area contributed by atoms with Gasteiger partial charge in [0.25, 0.3) is 0 Å². The average molecular weight is 321 g/mol. The highest BCUT2D eigenvalue weighted by atomic mass is 16.5. The number of ether oxygens (including phenoxy) is 1. The van der Waals surface area contributed by atoms with Gasteiger partial charge in [-0.15, -0.1) is 0 Å². The number of aliphatic hydroxyl groups is 1. The summed E-state index contributed by atoms with van der Waals surface area (Å²) in [6, 6.07) is 7.17. The van der Waals surface area contributed by atoms with Gasteiger partial charge in [0, 0.05) is 31.9 Å². The normalized spacial score (nSPS) is 14.3. The Morgan fingerprint density at radius 2 is 2.04 bits per heavy atom. The van der Waals surface area contributed by atoms with Crippen LogP contribution >= 0.6 is 0 Å². The predicted octanol–water partition coefficient (Wildman–Crippen LogP) is 0.826. The largest absolute Gasteiger partial charge is 0.494 e. The van der Waals surface area contributed by atoms with Crippen LogP contribution in [-0.4, -0.2) is 61.3 Å². The van der Waals surface area contributed by atoms with E-state index in [1.165, 1.54) is 4.90 Å². The van der Waals surface area contributed by atoms with Crippen molar-refractivity contribution in [2.75, 3.05) is 44.3 Å². The third kappa shape index (κ3) is 4.59. The molecular weight excluding hydrogens is 298 g/mol. The Morgan fingerprint density at radius 1 is 1.30 bits per heavy atom. The number of hydrogen-bond donors (Lipinski definition) is 2. The summed E-state index contributed by atoms with van der Waals surface area (Å²) < 4.78 is 5.39. The van der Waals surface area contributed by atoms with Crippen molar-refractivity contribution >= 4 is 17.6 Å². The first kappa shape index (κ1) is 17.1. The zero-order valence-corrected chi connectivity index (χ0v) is 13.3. The van der Waals surface area contributed by atoms with Gasteiger partial charge < -0.3 is 20.1 Å². The summed E-state index contributed by atoms with van der Waals surface area (Å²) in [5.41, 5.74) is 0.793. The molecule has 126 valence electrons. The van der Waals surface area contributed by atoms with Gasteiger partial charge in [-0.3, -0.25) is 9.69 Å². The van der Waals surface area contributed by atoms with Gasteiger partial charge >= 0.3 is 6.03 Å². The van der Waals surface area contributed by atoms with Crippen molar-refractivity contribution < 1.29 is 19.4 Å². The number of aliphatic hydroxyl groups excluding tert-OH is 1. The molecule has 0 saturated carbocycles. The zero-order valence-electron chi connectivity index (χ0n) is 13.3. The number of urea groups is 1. The summed E-state index contributed by atoms with van der Waals surface area (Å²) in [4.78, 5) is 27.3. The number of rotatable bonds is 8. The molecule has 7 heteroatoms. The minimum Gasteiger partial charge on any atom is -0.494 e. The molecule has 0 atom stereocenters. The smallest absolute Gasteiger partial charge is 0.325 e. The van der Waals surface area contributed by atoms with E-state index in [0.29, 0.717) is 32.7 Å². The number of anilines is 1. The van der Waals surface area contributed by atoms with Crippen LogP contribution < -0.4 is 15.0 Å². The maximum absolute atomic E-state index is 12.4. The molecule has 0 spiro atoms. The Morgan fingerprint density at radius 3 is 2.70 bits per heavy atom. The molecule has 0 aliphatic carbocycles. The molecule has 0 bridgehead atoms. The Balaban J connectivity index is 1.89. The number of nitrogens with zero attached hydrogens (tertiary/aromatic N) is 2. The van der Waals surface area contributed by atoms with Gasteiger partial charge in [-0.25, -0.2) is 4.79 Å². The Kier molecular flexibility index (Phi) is 6.22. The summed E-state index contributed by atoms with van der Waals surface area (Å²) in [7, 11) is 0. The highest BCUT2D eigenvalue weighted by Crippen LogP contribution is 2.23. The fourth-order valence-electron chi connectivity index (χ4n) is 2.39. The van der Waals surface area contributed by atoms with Crippen LogP contribution in [-0.2, 0) is 4.79 Å². The van der Waals surface area contributed by atoms with Crippen LogP contribution in [0.4, 0.5) is 10.5 Å². The molecule has 1 aliphatic heterocycles. The number of amides is 3. The van der Waals surface area contributed by atoms with Crippen LogP contribution in [0.1, 0.15) is 13.3 Å². The highest BCUT2D eigenvalue weighted by molar-refractivity contribution is 5.96. The second kappa shape index (κ2) is 8.38. The molecule has 0 unspecified atom stereocenters. The molecule has 1 aromatic carbocycles. The van der Waals surface area contributed by atoms with E-state index in [2.05, 4.69) is 5.32 Å². The Bertz CT molecular complexity index is 533. The fourth-order valence-corrected chi connectivity index (χ4v) is 2.39. The van der Waals surface area contributed by atoms with E-state index in [0.717, 1.165) is 11.4 Å². The molecule has 0 radical (unpaired) electrons. The van der Waals surface area contributed by atoms with E-state index in [9.17, 15) is 9.59 Å². The number of carbonyl (C=O) groups excluding carboxylic acids is 2. The van der Waals surface area contributed by atoms with Crippen molar-refractivity contribution in [3.63, 3.8) is 0 Å². The Hall–Kier alpha value is -2.28. The second-order valence-electron chi connectivity index (χ2n) is 5.21. The van der Waals surface area contributed by atoms with E-state index in [1.807, 2.05) is 31.2 Å². The molecule has 1 fully saturated rings. The molecule has 3 amide bonds. The summed E-state index contributed by atoms with van der Waals surface area (Å²) in [5.74, 6) is 0.559. The molecule has 2 N–H and O–H groups in total. The maximum atomic E-state index is 12.4. The molecule has 0 aromatic heterocycles. The van der Waals surface area contributed by atoms with Gasteiger partial charge in [0.1, 0.15) is 12.3 Å². The topological polar surface area (TPSA) is 82.1 Å². The SMILES string of the molecule is CCOc1ccc(N2CCN(CC(=O)NCCCO)C2=O)cc1. The fraction of sp³-hybridized carbons (Fsp3) is 0.500. The number of nitrogens with one attached hydrogen (secondary N) is 1. The van der Waals surface area contributed by atoms with Crippen molar-refractivity contribution in [2.45, 2.75) is 13.3 Å². The molecule has 23 heavy (non-hydrogen) atoms. The molecule has 2 rings (SSSR count). The lowest BCUT2D eigenvalue weighted by Crippen LogP contribution is -2.40. The van der Waals surface area contributed by atoms with Gasteiger partial charge in [0.2, 0.25) is 5.91 Å². The van der Waals surface area contributed by atoms with Crippen molar-refractivity contribution in [3.05, 3.63) is 24.3 Å². The van der Waals surface area contributed by atoms with Crippen molar-refractivity contribution in [3.8, 4) is 5.75 Å². The first-order valence-corrected chi connectivity index (χ1v) is 7.82. The minimum atomic E-state index is -0.208. The van der Waals surface area contributed by atoms with Crippen molar-refractivity contribution in [2.24, 2.45) is 0 Å². The Labute approximate surface area is 135 Å². The van der Waals surface area contributed by atoms with Crippen LogP contribution in [0.25, 0.3) is 0 Å². The molecule has 1 saturated heterocycles. The van der Waals surface area contributed by atoms with Crippen LogP contribution in [0.3, 0.4) is 0 Å². The highest BCUT2D eigenvalue weighted by Gasteiger charge is 2.30. The van der Waals surface area contributed by atoms with E-state index < -0.39 is 0 Å². The van der Waals surface area contributed by atoms with Gasteiger partial charge in [-0.2, -0.15) is 0 Å². The lowest BCUT2D eigenvalue weighted by Gasteiger charge is -2.18. The third-order valence-corrected chi connectivity index (χ3v) is 3.55. The maximum Gasteiger partial charge on any atom is 0.325 e. The molecule has 1 heterocycles. The summed E-state index contributed by atoms with van der Waals surface area (Å²) >= 11 is 0. The van der Waals surface area contributed by atoms with E-state index in [-0.39, 0.29) is 25.1 Å². The van der Waals surface area contributed by atoms with Crippen molar-refractivity contribution in [1.29, 1.82) is 0 Å². The molecule has 7 nitrogen and oxygen atoms in total. The summed E-state index contributed by atoms with van der Waals surface area (Å²) in [6.45, 7) is 4.07. The summed E-state index contributed by atoms with van der Waals surface area (Å²) in [5, 5.41) is 11.4. The van der Waals surface area contributed by atoms with E-state index in [4.69, 9.17) is 9.84 Å². The lowest BCUT2D eigenvalue weighted by atomic mass is 10.3. The van der Waals surface area contributed by atoms with E-state index in [1.54, 1.807) is 4.90 Å². The first-order valence-electron chi connectivity index (χ1n) is 7.82. The third-order valence-electron chi connectivity index (χ3n) is 3.55. The van der Waals surface area contributed by atoms with Crippen LogP contribution in [0.15, 0.2) is 24.3 Å². The molecule has 1 aliphatic rings. The number of benzene rings is 1. The lowest BCUT2D eigenvalue weighted by molar-refractivity contribution is -0.121. The minimum absolute atomic E-state index is 0.0362. The summed E-state index contributed by atoms with van der Waals surface area (Å²) in [6.07, 6.45) is 0.512. The van der Waals surface area contributed by atoms with E-state index >= 15 is 0 Å². The molecular formula is C16H23N3O4. The number of carbonyl (C=O) groups is 2. The van der Waals surface area contributed by atoms with Gasteiger partial charge in [0.15, 0.2) is 0 Å². The van der Waals surface area contributed by atoms with Gasteiger partial charge in [0.05, 0.1) is 6.61 Å². The second-order valence-corrected chi connectivity index (χ2v) is 5.21. The van der Waals surface area contributed by atoms with Crippen LogP contribution in [0, 0.1) is 0 Å². The number of hydrogen-bond acceptors (Lipinski definition) is 4. The monoisotopic (exact) mass is 321 g/mol.